The van der Waals surface area contributed by atoms with Crippen molar-refractivity contribution in [3.05, 3.63) is 40.4 Å². The van der Waals surface area contributed by atoms with E-state index in [-0.39, 0.29) is 26.4 Å². The predicted octanol–water partition coefficient (Wildman–Crippen LogP) is 3.82. The third kappa shape index (κ3) is 3.63. The molecular weight excluding hydrogens is 377 g/mol. The highest BCUT2D eigenvalue weighted by Crippen LogP contribution is 2.38. The SMILES string of the molecule is COc1ccc(OC)c(NS(=O)(=O)c2ccc(OC)c(Cl)c2Cl)c1. The Bertz CT molecular complexity index is 855. The maximum Gasteiger partial charge on any atom is 0.263 e. The van der Waals surface area contributed by atoms with Crippen LogP contribution in [-0.2, 0) is 10.0 Å². The van der Waals surface area contributed by atoms with E-state index < -0.39 is 10.0 Å². The summed E-state index contributed by atoms with van der Waals surface area (Å²) in [6.45, 7) is 0. The van der Waals surface area contributed by atoms with E-state index in [1.165, 1.54) is 39.5 Å². The first-order valence-electron chi connectivity index (χ1n) is 6.61. The van der Waals surface area contributed by atoms with E-state index >= 15 is 0 Å². The molecule has 24 heavy (non-hydrogen) atoms. The van der Waals surface area contributed by atoms with Crippen molar-refractivity contribution >= 4 is 38.9 Å². The second kappa shape index (κ2) is 7.38. The van der Waals surface area contributed by atoms with Crippen LogP contribution in [0.1, 0.15) is 0 Å². The summed E-state index contributed by atoms with van der Waals surface area (Å²) in [7, 11) is 0.301. The zero-order chi connectivity index (χ0) is 17.9. The standard InChI is InChI=1S/C15H15Cl2NO5S/c1-21-9-4-5-11(22-2)10(8-9)18-24(19,20)13-7-6-12(23-3)14(16)15(13)17/h4-8,18H,1-3H3. The van der Waals surface area contributed by atoms with Gasteiger partial charge in [-0.15, -0.1) is 0 Å². The molecule has 2 aromatic rings. The maximum absolute atomic E-state index is 12.7. The van der Waals surface area contributed by atoms with E-state index in [0.717, 1.165) is 0 Å². The van der Waals surface area contributed by atoms with Crippen molar-refractivity contribution < 1.29 is 22.6 Å². The topological polar surface area (TPSA) is 73.9 Å². The Labute approximate surface area is 150 Å². The molecule has 0 spiro atoms. The van der Waals surface area contributed by atoms with Gasteiger partial charge >= 0.3 is 0 Å². The Hall–Kier alpha value is -1.83. The number of sulfonamides is 1. The van der Waals surface area contributed by atoms with Crippen LogP contribution in [0.15, 0.2) is 35.2 Å². The fourth-order valence-corrected chi connectivity index (χ4v) is 3.88. The van der Waals surface area contributed by atoms with Gasteiger partial charge in [0, 0.05) is 6.07 Å². The highest BCUT2D eigenvalue weighted by atomic mass is 35.5. The normalized spacial score (nSPS) is 11.0. The lowest BCUT2D eigenvalue weighted by atomic mass is 10.3. The number of hydrogen-bond acceptors (Lipinski definition) is 5. The van der Waals surface area contributed by atoms with Gasteiger partial charge in [0.15, 0.2) is 0 Å². The molecule has 0 saturated carbocycles. The number of anilines is 1. The summed E-state index contributed by atoms with van der Waals surface area (Å²) in [5.74, 6) is 1.07. The molecular formula is C15H15Cl2NO5S. The third-order valence-corrected chi connectivity index (χ3v) is 5.56. The fraction of sp³-hybridized carbons (Fsp3) is 0.200. The van der Waals surface area contributed by atoms with Crippen LogP contribution in [-0.4, -0.2) is 29.7 Å². The first-order valence-corrected chi connectivity index (χ1v) is 8.84. The van der Waals surface area contributed by atoms with Crippen molar-refractivity contribution in [1.82, 2.24) is 0 Å². The molecule has 0 saturated heterocycles. The zero-order valence-corrected chi connectivity index (χ0v) is 15.4. The quantitative estimate of drug-likeness (QED) is 0.809. The van der Waals surface area contributed by atoms with Gasteiger partial charge in [0.05, 0.1) is 32.0 Å². The van der Waals surface area contributed by atoms with Gasteiger partial charge in [0.25, 0.3) is 10.0 Å². The lowest BCUT2D eigenvalue weighted by molar-refractivity contribution is 0.405. The van der Waals surface area contributed by atoms with Crippen LogP contribution >= 0.6 is 23.2 Å². The summed E-state index contributed by atoms with van der Waals surface area (Å²) < 4.78 is 43.0. The molecule has 0 atom stereocenters. The van der Waals surface area contributed by atoms with Crippen LogP contribution in [0, 0.1) is 0 Å². The van der Waals surface area contributed by atoms with Crippen molar-refractivity contribution in [3.63, 3.8) is 0 Å². The highest BCUT2D eigenvalue weighted by molar-refractivity contribution is 7.92. The number of halogens is 2. The van der Waals surface area contributed by atoms with Crippen molar-refractivity contribution in [3.8, 4) is 17.2 Å². The molecule has 0 aliphatic carbocycles. The van der Waals surface area contributed by atoms with Gasteiger partial charge in [-0.05, 0) is 24.3 Å². The first kappa shape index (κ1) is 18.5. The first-order chi connectivity index (χ1) is 11.3. The molecule has 0 radical (unpaired) electrons. The van der Waals surface area contributed by atoms with Crippen LogP contribution < -0.4 is 18.9 Å². The molecule has 9 heteroatoms. The van der Waals surface area contributed by atoms with Gasteiger partial charge in [-0.3, -0.25) is 4.72 Å². The maximum atomic E-state index is 12.7. The summed E-state index contributed by atoms with van der Waals surface area (Å²) in [5.41, 5.74) is 0.208. The lowest BCUT2D eigenvalue weighted by Crippen LogP contribution is -2.14. The van der Waals surface area contributed by atoms with Gasteiger partial charge < -0.3 is 14.2 Å². The van der Waals surface area contributed by atoms with E-state index in [1.807, 2.05) is 0 Å². The molecule has 0 amide bonds. The number of benzene rings is 2. The van der Waals surface area contributed by atoms with Crippen molar-refractivity contribution in [1.29, 1.82) is 0 Å². The number of rotatable bonds is 6. The molecule has 6 nitrogen and oxygen atoms in total. The Morgan fingerprint density at radius 3 is 2.08 bits per heavy atom. The van der Waals surface area contributed by atoms with Crippen LogP contribution in [0.3, 0.4) is 0 Å². The van der Waals surface area contributed by atoms with Crippen molar-refractivity contribution in [2.75, 3.05) is 26.1 Å². The zero-order valence-electron chi connectivity index (χ0n) is 13.1. The number of methoxy groups -OCH3 is 3. The van der Waals surface area contributed by atoms with Crippen LogP contribution in [0.2, 0.25) is 10.0 Å². The Morgan fingerprint density at radius 2 is 1.50 bits per heavy atom. The van der Waals surface area contributed by atoms with Crippen LogP contribution in [0.25, 0.3) is 0 Å². The molecule has 0 heterocycles. The Kier molecular flexibility index (Phi) is 5.69. The molecule has 0 aromatic heterocycles. The summed E-state index contributed by atoms with van der Waals surface area (Å²) in [6.07, 6.45) is 0. The number of nitrogens with one attached hydrogen (secondary N) is 1. The minimum Gasteiger partial charge on any atom is -0.497 e. The van der Waals surface area contributed by atoms with Gasteiger partial charge in [-0.1, -0.05) is 23.2 Å². The van der Waals surface area contributed by atoms with Crippen molar-refractivity contribution in [2.45, 2.75) is 4.90 Å². The van der Waals surface area contributed by atoms with Gasteiger partial charge in [-0.2, -0.15) is 0 Å². The second-order valence-electron chi connectivity index (χ2n) is 4.57. The van der Waals surface area contributed by atoms with Crippen molar-refractivity contribution in [2.24, 2.45) is 0 Å². The molecule has 0 aliphatic heterocycles. The largest absolute Gasteiger partial charge is 0.497 e. The predicted molar refractivity (Wildman–Crippen MR) is 93.4 cm³/mol. The molecule has 2 aromatic carbocycles. The highest BCUT2D eigenvalue weighted by Gasteiger charge is 2.23. The van der Waals surface area contributed by atoms with Crippen LogP contribution in [0.5, 0.6) is 17.2 Å². The second-order valence-corrected chi connectivity index (χ2v) is 6.97. The Balaban J connectivity index is 2.48. The molecule has 0 fully saturated rings. The van der Waals surface area contributed by atoms with E-state index in [0.29, 0.717) is 11.5 Å². The van der Waals surface area contributed by atoms with E-state index in [1.54, 1.807) is 12.1 Å². The number of ether oxygens (including phenoxy) is 3. The molecule has 2 rings (SSSR count). The molecule has 1 N–H and O–H groups in total. The monoisotopic (exact) mass is 391 g/mol. The number of hydrogen-bond donors (Lipinski definition) is 1. The Morgan fingerprint density at radius 1 is 0.875 bits per heavy atom. The van der Waals surface area contributed by atoms with Gasteiger partial charge in [-0.25, -0.2) is 8.42 Å². The molecule has 0 aliphatic rings. The summed E-state index contributed by atoms with van der Waals surface area (Å²) in [6, 6.07) is 7.45. The lowest BCUT2D eigenvalue weighted by Gasteiger charge is -2.15. The smallest absolute Gasteiger partial charge is 0.263 e. The van der Waals surface area contributed by atoms with E-state index in [9.17, 15) is 8.42 Å². The summed E-state index contributed by atoms with van der Waals surface area (Å²) >= 11 is 12.1. The van der Waals surface area contributed by atoms with Crippen LogP contribution in [0.4, 0.5) is 5.69 Å². The summed E-state index contributed by atoms with van der Waals surface area (Å²) in [4.78, 5) is -0.181. The minimum absolute atomic E-state index is 0.0136. The van der Waals surface area contributed by atoms with E-state index in [2.05, 4.69) is 4.72 Å². The average Bonchev–Trinajstić information content (AvgIpc) is 2.56. The third-order valence-electron chi connectivity index (χ3n) is 3.17. The molecule has 130 valence electrons. The minimum atomic E-state index is -4.01. The van der Waals surface area contributed by atoms with Gasteiger partial charge in [0.1, 0.15) is 27.2 Å². The molecule has 0 unspecified atom stereocenters. The average molecular weight is 392 g/mol. The fourth-order valence-electron chi connectivity index (χ4n) is 1.97. The van der Waals surface area contributed by atoms with Gasteiger partial charge in [0.2, 0.25) is 0 Å². The molecule has 0 bridgehead atoms. The van der Waals surface area contributed by atoms with E-state index in [4.69, 9.17) is 37.4 Å². The summed E-state index contributed by atoms with van der Waals surface area (Å²) in [5, 5.41) is -0.120.